The topological polar surface area (TPSA) is 59.0 Å². The predicted molar refractivity (Wildman–Crippen MR) is 70.3 cm³/mol. The fraction of sp³-hybridized carbons (Fsp3) is 0.231. The Balaban J connectivity index is 1.84. The zero-order valence-electron chi connectivity index (χ0n) is 10.9. The largest absolute Gasteiger partial charge is 0.338 e. The van der Waals surface area contributed by atoms with Gasteiger partial charge in [-0.3, -0.25) is 0 Å². The quantitative estimate of drug-likeness (QED) is 0.900. The molecule has 2 rings (SSSR count). The Morgan fingerprint density at radius 3 is 2.90 bits per heavy atom. The van der Waals surface area contributed by atoms with E-state index in [-0.39, 0.29) is 5.69 Å². The van der Waals surface area contributed by atoms with Gasteiger partial charge in [-0.1, -0.05) is 0 Å². The van der Waals surface area contributed by atoms with Crippen molar-refractivity contribution in [1.29, 1.82) is 0 Å². The minimum atomic E-state index is -0.689. The number of anilines is 1. The van der Waals surface area contributed by atoms with Crippen LogP contribution in [0.1, 0.15) is 5.82 Å². The van der Waals surface area contributed by atoms with E-state index in [0.717, 1.165) is 24.0 Å². The number of imidazole rings is 1. The van der Waals surface area contributed by atoms with Crippen molar-refractivity contribution in [1.82, 2.24) is 14.9 Å². The maximum absolute atomic E-state index is 13.3. The Morgan fingerprint density at radius 1 is 1.40 bits per heavy atom. The fourth-order valence-electron chi connectivity index (χ4n) is 1.69. The number of aromatic nitrogens is 2. The van der Waals surface area contributed by atoms with E-state index in [0.29, 0.717) is 13.0 Å². The summed E-state index contributed by atoms with van der Waals surface area (Å²) in [6, 6.07) is 2.27. The second-order valence-corrected chi connectivity index (χ2v) is 4.21. The first-order chi connectivity index (χ1) is 9.56. The third-order valence-corrected chi connectivity index (χ3v) is 2.73. The highest BCUT2D eigenvalue weighted by atomic mass is 19.1. The van der Waals surface area contributed by atoms with Crippen molar-refractivity contribution in [3.8, 4) is 0 Å². The van der Waals surface area contributed by atoms with Gasteiger partial charge in [-0.05, 0) is 12.1 Å². The molecule has 106 valence electrons. The van der Waals surface area contributed by atoms with Crippen LogP contribution >= 0.6 is 0 Å². The van der Waals surface area contributed by atoms with Crippen LogP contribution in [0.4, 0.5) is 19.3 Å². The summed E-state index contributed by atoms with van der Waals surface area (Å²) in [6.07, 6.45) is 4.01. The lowest BCUT2D eigenvalue weighted by atomic mass is 10.3. The summed E-state index contributed by atoms with van der Waals surface area (Å²) in [6.45, 7) is 0.341. The summed E-state index contributed by atoms with van der Waals surface area (Å²) in [5.41, 5.74) is -0.195. The molecule has 2 amide bonds. The Morgan fingerprint density at radius 2 is 2.20 bits per heavy atom. The number of benzene rings is 1. The summed E-state index contributed by atoms with van der Waals surface area (Å²) < 4.78 is 28.1. The van der Waals surface area contributed by atoms with Crippen LogP contribution in [0.5, 0.6) is 0 Å². The third-order valence-electron chi connectivity index (χ3n) is 2.73. The van der Waals surface area contributed by atoms with Gasteiger partial charge in [0.05, 0.1) is 5.69 Å². The van der Waals surface area contributed by atoms with E-state index in [1.165, 1.54) is 0 Å². The number of nitrogens with one attached hydrogen (secondary N) is 2. The number of amides is 2. The maximum Gasteiger partial charge on any atom is 0.319 e. The van der Waals surface area contributed by atoms with Gasteiger partial charge < -0.3 is 15.2 Å². The molecule has 1 aromatic heterocycles. The summed E-state index contributed by atoms with van der Waals surface area (Å²) >= 11 is 0. The van der Waals surface area contributed by atoms with Crippen molar-refractivity contribution in [3.63, 3.8) is 0 Å². The Labute approximate surface area is 114 Å². The van der Waals surface area contributed by atoms with E-state index < -0.39 is 17.7 Å². The highest BCUT2D eigenvalue weighted by molar-refractivity contribution is 5.89. The lowest BCUT2D eigenvalue weighted by Crippen LogP contribution is -2.31. The van der Waals surface area contributed by atoms with Gasteiger partial charge in [-0.15, -0.1) is 0 Å². The van der Waals surface area contributed by atoms with Gasteiger partial charge in [-0.25, -0.2) is 18.6 Å². The summed E-state index contributed by atoms with van der Waals surface area (Å²) in [5, 5.41) is 4.80. The van der Waals surface area contributed by atoms with Gasteiger partial charge in [0.25, 0.3) is 0 Å². The maximum atomic E-state index is 13.3. The summed E-state index contributed by atoms with van der Waals surface area (Å²) in [5.74, 6) is -0.484. The lowest BCUT2D eigenvalue weighted by Gasteiger charge is -2.08. The van der Waals surface area contributed by atoms with E-state index in [9.17, 15) is 13.6 Å². The van der Waals surface area contributed by atoms with Crippen molar-refractivity contribution in [2.45, 2.75) is 6.42 Å². The third kappa shape index (κ3) is 3.53. The van der Waals surface area contributed by atoms with E-state index in [1.807, 2.05) is 11.6 Å². The first-order valence-corrected chi connectivity index (χ1v) is 6.02. The van der Waals surface area contributed by atoms with Gasteiger partial charge in [0.2, 0.25) is 0 Å². The number of aryl methyl sites for hydroxylation is 1. The number of hydrogen-bond acceptors (Lipinski definition) is 2. The second-order valence-electron chi connectivity index (χ2n) is 4.21. The standard InChI is InChI=1S/C13H14F2N4O/c1-19-7-6-16-12(19)4-5-17-13(20)18-11-8-9(14)2-3-10(11)15/h2-3,6-8H,4-5H2,1H3,(H2,17,18,20). The van der Waals surface area contributed by atoms with Gasteiger partial charge in [0, 0.05) is 38.5 Å². The molecule has 1 heterocycles. The summed E-state index contributed by atoms with van der Waals surface area (Å²) in [7, 11) is 1.85. The number of carbonyl (C=O) groups is 1. The van der Waals surface area contributed by atoms with Gasteiger partial charge in [0.1, 0.15) is 17.5 Å². The molecule has 0 aliphatic heterocycles. The van der Waals surface area contributed by atoms with Crippen LogP contribution in [0.25, 0.3) is 0 Å². The molecule has 2 N–H and O–H groups in total. The molecule has 0 radical (unpaired) electrons. The minimum Gasteiger partial charge on any atom is -0.338 e. The lowest BCUT2D eigenvalue weighted by molar-refractivity contribution is 0.252. The number of rotatable bonds is 4. The predicted octanol–water partition coefficient (Wildman–Crippen LogP) is 2.06. The molecule has 1 aromatic carbocycles. The molecule has 0 fully saturated rings. The van der Waals surface area contributed by atoms with E-state index in [1.54, 1.807) is 12.4 Å². The van der Waals surface area contributed by atoms with Crippen LogP contribution in [0.15, 0.2) is 30.6 Å². The molecule has 2 aromatic rings. The van der Waals surface area contributed by atoms with Gasteiger partial charge in [0.15, 0.2) is 0 Å². The molecule has 0 aliphatic carbocycles. The van der Waals surface area contributed by atoms with Crippen LogP contribution in [0, 0.1) is 11.6 Å². The number of urea groups is 1. The highest BCUT2D eigenvalue weighted by Crippen LogP contribution is 2.14. The Bertz CT molecular complexity index is 612. The second kappa shape index (κ2) is 6.14. The van der Waals surface area contributed by atoms with Crippen molar-refractivity contribution in [2.75, 3.05) is 11.9 Å². The molecule has 0 bridgehead atoms. The van der Waals surface area contributed by atoms with Crippen molar-refractivity contribution in [2.24, 2.45) is 7.05 Å². The molecule has 7 heteroatoms. The number of hydrogen-bond donors (Lipinski definition) is 2. The Kier molecular flexibility index (Phi) is 4.29. The average molecular weight is 280 g/mol. The highest BCUT2D eigenvalue weighted by Gasteiger charge is 2.08. The molecule has 0 atom stereocenters. The molecule has 0 saturated carbocycles. The zero-order valence-corrected chi connectivity index (χ0v) is 10.9. The molecule has 5 nitrogen and oxygen atoms in total. The van der Waals surface area contributed by atoms with Crippen molar-refractivity contribution in [3.05, 3.63) is 48.1 Å². The number of halogens is 2. The number of nitrogens with zero attached hydrogens (tertiary/aromatic N) is 2. The van der Waals surface area contributed by atoms with Crippen LogP contribution in [-0.4, -0.2) is 22.1 Å². The number of carbonyl (C=O) groups excluding carboxylic acids is 1. The smallest absolute Gasteiger partial charge is 0.319 e. The average Bonchev–Trinajstić information content (AvgIpc) is 2.80. The van der Waals surface area contributed by atoms with Gasteiger partial charge >= 0.3 is 6.03 Å². The van der Waals surface area contributed by atoms with E-state index in [2.05, 4.69) is 15.6 Å². The van der Waals surface area contributed by atoms with Crippen molar-refractivity contribution < 1.29 is 13.6 Å². The zero-order chi connectivity index (χ0) is 14.5. The minimum absolute atomic E-state index is 0.195. The molecule has 0 aliphatic rings. The monoisotopic (exact) mass is 280 g/mol. The molecule has 0 spiro atoms. The SMILES string of the molecule is Cn1ccnc1CCNC(=O)Nc1cc(F)ccc1F. The van der Waals surface area contributed by atoms with Crippen LogP contribution in [0.2, 0.25) is 0 Å². The molecule has 0 saturated heterocycles. The van der Waals surface area contributed by atoms with E-state index >= 15 is 0 Å². The molecule has 0 unspecified atom stereocenters. The fourth-order valence-corrected chi connectivity index (χ4v) is 1.69. The molecule has 20 heavy (non-hydrogen) atoms. The molecular weight excluding hydrogens is 266 g/mol. The first-order valence-electron chi connectivity index (χ1n) is 6.02. The normalized spacial score (nSPS) is 10.3. The first kappa shape index (κ1) is 14.0. The summed E-state index contributed by atoms with van der Waals surface area (Å²) in [4.78, 5) is 15.7. The van der Waals surface area contributed by atoms with Crippen molar-refractivity contribution >= 4 is 11.7 Å². The van der Waals surface area contributed by atoms with E-state index in [4.69, 9.17) is 0 Å². The van der Waals surface area contributed by atoms with Crippen LogP contribution in [0.3, 0.4) is 0 Å². The van der Waals surface area contributed by atoms with Crippen LogP contribution in [-0.2, 0) is 13.5 Å². The van der Waals surface area contributed by atoms with Gasteiger partial charge in [-0.2, -0.15) is 0 Å². The Hall–Kier alpha value is -2.44. The molecular formula is C13H14F2N4O. The van der Waals surface area contributed by atoms with Crippen LogP contribution < -0.4 is 10.6 Å².